The molecule has 0 saturated heterocycles. The molecule has 0 unspecified atom stereocenters. The Balaban J connectivity index is 1.70. The van der Waals surface area contributed by atoms with Crippen molar-refractivity contribution in [1.82, 2.24) is 4.90 Å². The smallest absolute Gasteiger partial charge is 0.259 e. The Labute approximate surface area is 149 Å². The SMILES string of the molecule is C=C1c2cc3c(cc2CCN1C(=O)c1cc(Cl)ccc1Cl)OCO3. The maximum Gasteiger partial charge on any atom is 0.259 e. The Morgan fingerprint density at radius 3 is 2.67 bits per heavy atom. The summed E-state index contributed by atoms with van der Waals surface area (Å²) < 4.78 is 10.8. The first-order valence-corrected chi connectivity index (χ1v) is 8.19. The van der Waals surface area contributed by atoms with Crippen molar-refractivity contribution in [3.05, 3.63) is 63.6 Å². The average molecular weight is 362 g/mol. The summed E-state index contributed by atoms with van der Waals surface area (Å²) >= 11 is 12.2. The third-order valence-corrected chi connectivity index (χ3v) is 4.81. The van der Waals surface area contributed by atoms with Crippen LogP contribution in [-0.2, 0) is 6.42 Å². The molecule has 0 atom stereocenters. The van der Waals surface area contributed by atoms with Crippen molar-refractivity contribution >= 4 is 34.8 Å². The fraction of sp³-hybridized carbons (Fsp3) is 0.167. The molecule has 0 spiro atoms. The van der Waals surface area contributed by atoms with Crippen molar-refractivity contribution in [2.45, 2.75) is 6.42 Å². The van der Waals surface area contributed by atoms with Crippen LogP contribution >= 0.6 is 23.2 Å². The first kappa shape index (κ1) is 15.4. The highest BCUT2D eigenvalue weighted by Gasteiger charge is 2.29. The summed E-state index contributed by atoms with van der Waals surface area (Å²) in [5.74, 6) is 1.19. The molecule has 0 aliphatic carbocycles. The number of rotatable bonds is 1. The summed E-state index contributed by atoms with van der Waals surface area (Å²) in [5, 5.41) is 0.836. The summed E-state index contributed by atoms with van der Waals surface area (Å²) in [6.45, 7) is 4.83. The van der Waals surface area contributed by atoms with Crippen LogP contribution in [0, 0.1) is 0 Å². The lowest BCUT2D eigenvalue weighted by molar-refractivity contribution is 0.0833. The highest BCUT2D eigenvalue weighted by Crippen LogP contribution is 2.40. The Hall–Kier alpha value is -2.17. The highest BCUT2D eigenvalue weighted by atomic mass is 35.5. The lowest BCUT2D eigenvalue weighted by Crippen LogP contribution is -2.34. The maximum atomic E-state index is 12.9. The quantitative estimate of drug-likeness (QED) is 0.755. The summed E-state index contributed by atoms with van der Waals surface area (Å²) in [6.07, 6.45) is 0.703. The number of halogens is 2. The maximum absolute atomic E-state index is 12.9. The zero-order valence-corrected chi connectivity index (χ0v) is 14.2. The summed E-state index contributed by atoms with van der Waals surface area (Å²) in [6, 6.07) is 8.68. The van der Waals surface area contributed by atoms with Gasteiger partial charge in [-0.2, -0.15) is 0 Å². The summed E-state index contributed by atoms with van der Waals surface area (Å²) in [7, 11) is 0. The van der Waals surface area contributed by atoms with Gasteiger partial charge in [0.2, 0.25) is 6.79 Å². The van der Waals surface area contributed by atoms with Gasteiger partial charge in [-0.25, -0.2) is 0 Å². The number of carbonyl (C=O) groups is 1. The van der Waals surface area contributed by atoms with E-state index in [0.717, 1.165) is 16.9 Å². The second-order valence-electron chi connectivity index (χ2n) is 5.64. The number of amides is 1. The Morgan fingerprint density at radius 1 is 1.12 bits per heavy atom. The molecule has 2 aromatic carbocycles. The van der Waals surface area contributed by atoms with Gasteiger partial charge in [0.05, 0.1) is 10.6 Å². The zero-order chi connectivity index (χ0) is 16.8. The van der Waals surface area contributed by atoms with Crippen molar-refractivity contribution in [1.29, 1.82) is 0 Å². The molecule has 2 aliphatic rings. The van der Waals surface area contributed by atoms with Crippen molar-refractivity contribution in [3.8, 4) is 11.5 Å². The number of hydrogen-bond acceptors (Lipinski definition) is 3. The molecule has 122 valence electrons. The van der Waals surface area contributed by atoms with Gasteiger partial charge in [0, 0.05) is 22.8 Å². The Morgan fingerprint density at radius 2 is 1.88 bits per heavy atom. The number of benzene rings is 2. The topological polar surface area (TPSA) is 38.8 Å². The number of nitrogens with zero attached hydrogens (tertiary/aromatic N) is 1. The van der Waals surface area contributed by atoms with E-state index in [1.54, 1.807) is 23.1 Å². The molecule has 1 amide bonds. The second kappa shape index (κ2) is 5.72. The van der Waals surface area contributed by atoms with Crippen LogP contribution in [0.4, 0.5) is 0 Å². The molecule has 6 heteroatoms. The van der Waals surface area contributed by atoms with Gasteiger partial charge in [-0.15, -0.1) is 0 Å². The molecule has 0 saturated carbocycles. The predicted octanol–water partition coefficient (Wildman–Crippen LogP) is 4.39. The van der Waals surface area contributed by atoms with Gasteiger partial charge >= 0.3 is 0 Å². The summed E-state index contributed by atoms with van der Waals surface area (Å²) in [4.78, 5) is 14.5. The molecular weight excluding hydrogens is 349 g/mol. The van der Waals surface area contributed by atoms with Crippen LogP contribution in [0.3, 0.4) is 0 Å². The van der Waals surface area contributed by atoms with Gasteiger partial charge < -0.3 is 14.4 Å². The fourth-order valence-electron chi connectivity index (χ4n) is 3.00. The molecule has 0 radical (unpaired) electrons. The van der Waals surface area contributed by atoms with E-state index >= 15 is 0 Å². The van der Waals surface area contributed by atoms with E-state index in [4.69, 9.17) is 32.7 Å². The average Bonchev–Trinajstić information content (AvgIpc) is 3.03. The van der Waals surface area contributed by atoms with Crippen LogP contribution in [0.25, 0.3) is 5.70 Å². The van der Waals surface area contributed by atoms with Gasteiger partial charge in [-0.05, 0) is 42.3 Å². The number of fused-ring (bicyclic) bond motifs is 2. The van der Waals surface area contributed by atoms with Gasteiger partial charge in [0.25, 0.3) is 5.91 Å². The largest absolute Gasteiger partial charge is 0.454 e. The first-order chi connectivity index (χ1) is 11.5. The Bertz CT molecular complexity index is 879. The minimum Gasteiger partial charge on any atom is -0.454 e. The zero-order valence-electron chi connectivity index (χ0n) is 12.6. The van der Waals surface area contributed by atoms with Crippen LogP contribution in [0.15, 0.2) is 36.9 Å². The first-order valence-electron chi connectivity index (χ1n) is 7.43. The Kier molecular flexibility index (Phi) is 3.66. The van der Waals surface area contributed by atoms with E-state index in [0.29, 0.717) is 40.0 Å². The van der Waals surface area contributed by atoms with Gasteiger partial charge in [-0.3, -0.25) is 4.79 Å². The minimum atomic E-state index is -0.212. The van der Waals surface area contributed by atoms with Crippen molar-refractivity contribution in [2.24, 2.45) is 0 Å². The van der Waals surface area contributed by atoms with E-state index in [1.165, 1.54) is 0 Å². The van der Waals surface area contributed by atoms with Crippen molar-refractivity contribution in [3.63, 3.8) is 0 Å². The molecule has 4 rings (SSSR count). The third-order valence-electron chi connectivity index (χ3n) is 4.24. The fourth-order valence-corrected chi connectivity index (χ4v) is 3.37. The highest BCUT2D eigenvalue weighted by molar-refractivity contribution is 6.36. The monoisotopic (exact) mass is 361 g/mol. The van der Waals surface area contributed by atoms with Crippen LogP contribution in [0.2, 0.25) is 10.0 Å². The lowest BCUT2D eigenvalue weighted by Gasteiger charge is -2.31. The molecule has 2 heterocycles. The van der Waals surface area contributed by atoms with Gasteiger partial charge in [-0.1, -0.05) is 29.8 Å². The summed E-state index contributed by atoms with van der Waals surface area (Å²) in [5.41, 5.74) is 2.97. The molecule has 4 nitrogen and oxygen atoms in total. The van der Waals surface area contributed by atoms with Crippen LogP contribution < -0.4 is 9.47 Å². The molecule has 24 heavy (non-hydrogen) atoms. The molecule has 0 fully saturated rings. The molecule has 2 aromatic rings. The van der Waals surface area contributed by atoms with Crippen LogP contribution in [-0.4, -0.2) is 24.1 Å². The number of carbonyl (C=O) groups excluding carboxylic acids is 1. The second-order valence-corrected chi connectivity index (χ2v) is 6.48. The van der Waals surface area contributed by atoms with Gasteiger partial charge in [0.15, 0.2) is 11.5 Å². The van der Waals surface area contributed by atoms with E-state index in [-0.39, 0.29) is 12.7 Å². The number of hydrogen-bond donors (Lipinski definition) is 0. The van der Waals surface area contributed by atoms with Crippen LogP contribution in [0.5, 0.6) is 11.5 Å². The number of ether oxygens (including phenoxy) is 2. The van der Waals surface area contributed by atoms with Crippen molar-refractivity contribution in [2.75, 3.05) is 13.3 Å². The van der Waals surface area contributed by atoms with E-state index in [9.17, 15) is 4.79 Å². The molecule has 0 aromatic heterocycles. The van der Waals surface area contributed by atoms with E-state index < -0.39 is 0 Å². The van der Waals surface area contributed by atoms with Gasteiger partial charge in [0.1, 0.15) is 0 Å². The normalized spacial score (nSPS) is 15.4. The van der Waals surface area contributed by atoms with Crippen LogP contribution in [0.1, 0.15) is 21.5 Å². The molecule has 0 N–H and O–H groups in total. The van der Waals surface area contributed by atoms with E-state index in [2.05, 4.69) is 6.58 Å². The molecule has 2 aliphatic heterocycles. The third kappa shape index (κ3) is 2.43. The van der Waals surface area contributed by atoms with Crippen molar-refractivity contribution < 1.29 is 14.3 Å². The standard InChI is InChI=1S/C18H13Cl2NO3/c1-10-13-8-17-16(23-9-24-17)6-11(13)4-5-21(10)18(22)14-7-12(19)2-3-15(14)20/h2-3,6-8H,1,4-5,9H2. The molecular formula is C18H13Cl2NO3. The van der Waals surface area contributed by atoms with E-state index in [1.807, 2.05) is 12.1 Å². The molecule has 0 bridgehead atoms. The lowest BCUT2D eigenvalue weighted by atomic mass is 9.95. The minimum absolute atomic E-state index is 0.212. The predicted molar refractivity (Wildman–Crippen MR) is 92.8 cm³/mol.